The van der Waals surface area contributed by atoms with Crippen LogP contribution in [-0.4, -0.2) is 36.2 Å². The zero-order valence-corrected chi connectivity index (χ0v) is 21.3. The van der Waals surface area contributed by atoms with Crippen molar-refractivity contribution in [2.45, 2.75) is 13.5 Å². The van der Waals surface area contributed by atoms with Gasteiger partial charge in [-0.2, -0.15) is 0 Å². The standard InChI is InChI=1S/C27H22ClNO6S/c1-16-6-4-5-7-19(16)15-29-25(30)23(36-27(29)32)14-17-12-21(28)24(22(13-17)34-3)35-26(31)18-8-10-20(33-2)11-9-18/h4-14H,15H2,1-3H3/b23-14-. The lowest BCUT2D eigenvalue weighted by atomic mass is 10.1. The first-order chi connectivity index (χ1) is 17.3. The number of halogens is 1. The van der Waals surface area contributed by atoms with Crippen LogP contribution in [-0.2, 0) is 11.3 Å². The molecule has 1 saturated heterocycles. The summed E-state index contributed by atoms with van der Waals surface area (Å²) in [6.45, 7) is 2.13. The molecule has 3 aromatic carbocycles. The van der Waals surface area contributed by atoms with Crippen LogP contribution in [0.1, 0.15) is 27.0 Å². The van der Waals surface area contributed by atoms with Crippen molar-refractivity contribution >= 4 is 46.6 Å². The van der Waals surface area contributed by atoms with E-state index >= 15 is 0 Å². The van der Waals surface area contributed by atoms with E-state index in [1.807, 2.05) is 31.2 Å². The third kappa shape index (κ3) is 5.40. The second-order valence-electron chi connectivity index (χ2n) is 7.85. The number of hydrogen-bond donors (Lipinski definition) is 0. The van der Waals surface area contributed by atoms with Crippen molar-refractivity contribution in [2.75, 3.05) is 14.2 Å². The van der Waals surface area contributed by atoms with Crippen LogP contribution in [0.15, 0.2) is 65.6 Å². The highest BCUT2D eigenvalue weighted by atomic mass is 35.5. The molecule has 0 radical (unpaired) electrons. The molecule has 0 N–H and O–H groups in total. The Morgan fingerprint density at radius 1 is 1.03 bits per heavy atom. The van der Waals surface area contributed by atoms with Gasteiger partial charge in [-0.3, -0.25) is 14.5 Å². The Morgan fingerprint density at radius 3 is 2.42 bits per heavy atom. The molecule has 0 aromatic heterocycles. The molecule has 36 heavy (non-hydrogen) atoms. The van der Waals surface area contributed by atoms with Crippen molar-refractivity contribution in [3.8, 4) is 17.2 Å². The topological polar surface area (TPSA) is 82.1 Å². The SMILES string of the molecule is COc1ccc(C(=O)Oc2c(Cl)cc(/C=C3\SC(=O)N(Cc4ccccc4C)C3=O)cc2OC)cc1. The number of esters is 1. The van der Waals surface area contributed by atoms with Crippen LogP contribution in [0.5, 0.6) is 17.2 Å². The molecule has 0 aliphatic carbocycles. The Kier molecular flexibility index (Phi) is 7.67. The van der Waals surface area contributed by atoms with E-state index in [1.54, 1.807) is 36.4 Å². The molecule has 1 aliphatic rings. The Labute approximate surface area is 217 Å². The minimum absolute atomic E-state index is 0.0461. The Morgan fingerprint density at radius 2 is 1.75 bits per heavy atom. The highest BCUT2D eigenvalue weighted by molar-refractivity contribution is 8.18. The van der Waals surface area contributed by atoms with Gasteiger partial charge in [-0.25, -0.2) is 4.79 Å². The number of benzene rings is 3. The minimum Gasteiger partial charge on any atom is -0.497 e. The highest BCUT2D eigenvalue weighted by Gasteiger charge is 2.35. The van der Waals surface area contributed by atoms with Crippen molar-refractivity contribution in [2.24, 2.45) is 0 Å². The Hall–Kier alpha value is -3.75. The number of carbonyl (C=O) groups excluding carboxylic acids is 3. The second-order valence-corrected chi connectivity index (χ2v) is 9.25. The summed E-state index contributed by atoms with van der Waals surface area (Å²) in [5, 5.41) is -0.237. The fraction of sp³-hybridized carbons (Fsp3) is 0.148. The number of ether oxygens (including phenoxy) is 3. The number of nitrogens with zero attached hydrogens (tertiary/aromatic N) is 1. The van der Waals surface area contributed by atoms with E-state index in [0.29, 0.717) is 16.9 Å². The van der Waals surface area contributed by atoms with Crippen molar-refractivity contribution in [3.63, 3.8) is 0 Å². The fourth-order valence-corrected chi connectivity index (χ4v) is 4.64. The zero-order chi connectivity index (χ0) is 25.8. The van der Waals surface area contributed by atoms with E-state index in [0.717, 1.165) is 22.9 Å². The maximum Gasteiger partial charge on any atom is 0.343 e. The first-order valence-corrected chi connectivity index (χ1v) is 12.0. The second kappa shape index (κ2) is 10.9. The van der Waals surface area contributed by atoms with Gasteiger partial charge in [0.05, 0.1) is 36.3 Å². The normalized spacial score (nSPS) is 14.3. The molecule has 0 bridgehead atoms. The van der Waals surface area contributed by atoms with E-state index in [4.69, 9.17) is 25.8 Å². The molecule has 1 aliphatic heterocycles. The molecule has 7 nitrogen and oxygen atoms in total. The maximum absolute atomic E-state index is 13.0. The number of rotatable bonds is 7. The van der Waals surface area contributed by atoms with Crippen molar-refractivity contribution in [1.29, 1.82) is 0 Å². The van der Waals surface area contributed by atoms with Crippen LogP contribution in [0.25, 0.3) is 6.08 Å². The summed E-state index contributed by atoms with van der Waals surface area (Å²) < 4.78 is 16.0. The molecule has 9 heteroatoms. The summed E-state index contributed by atoms with van der Waals surface area (Å²) in [6, 6.07) is 17.1. The van der Waals surface area contributed by atoms with Gasteiger partial charge >= 0.3 is 5.97 Å². The van der Waals surface area contributed by atoms with Crippen LogP contribution in [0.3, 0.4) is 0 Å². The van der Waals surface area contributed by atoms with Crippen LogP contribution < -0.4 is 14.2 Å². The largest absolute Gasteiger partial charge is 0.497 e. The molecule has 2 amide bonds. The minimum atomic E-state index is -0.622. The van der Waals surface area contributed by atoms with Gasteiger partial charge in [-0.15, -0.1) is 0 Å². The Bertz CT molecular complexity index is 1370. The monoisotopic (exact) mass is 523 g/mol. The predicted molar refractivity (Wildman–Crippen MR) is 139 cm³/mol. The molecule has 4 rings (SSSR count). The van der Waals surface area contributed by atoms with E-state index < -0.39 is 11.9 Å². The van der Waals surface area contributed by atoms with Gasteiger partial charge < -0.3 is 14.2 Å². The number of amides is 2. The van der Waals surface area contributed by atoms with Gasteiger partial charge in [0.15, 0.2) is 11.5 Å². The zero-order valence-electron chi connectivity index (χ0n) is 19.7. The highest BCUT2D eigenvalue weighted by Crippen LogP contribution is 2.39. The lowest BCUT2D eigenvalue weighted by Crippen LogP contribution is -2.27. The summed E-state index contributed by atoms with van der Waals surface area (Å²) in [5.74, 6) is -0.157. The molecular formula is C27H22ClNO6S. The summed E-state index contributed by atoms with van der Waals surface area (Å²) in [6.07, 6.45) is 1.56. The van der Waals surface area contributed by atoms with Gasteiger partial charge in [-0.05, 0) is 77.9 Å². The molecule has 0 atom stereocenters. The van der Waals surface area contributed by atoms with Crippen molar-refractivity contribution in [1.82, 2.24) is 4.90 Å². The number of carbonyl (C=O) groups is 3. The smallest absolute Gasteiger partial charge is 0.343 e. The molecule has 0 saturated carbocycles. The first-order valence-electron chi connectivity index (χ1n) is 10.8. The van der Waals surface area contributed by atoms with Gasteiger partial charge in [0.25, 0.3) is 11.1 Å². The lowest BCUT2D eigenvalue weighted by molar-refractivity contribution is -0.123. The number of imide groups is 1. The molecule has 1 fully saturated rings. The number of aryl methyl sites for hydroxylation is 1. The lowest BCUT2D eigenvalue weighted by Gasteiger charge is -2.14. The Balaban J connectivity index is 1.55. The molecule has 3 aromatic rings. The fourth-order valence-electron chi connectivity index (χ4n) is 3.55. The van der Waals surface area contributed by atoms with Crippen LogP contribution in [0, 0.1) is 6.92 Å². The first kappa shape index (κ1) is 25.3. The van der Waals surface area contributed by atoms with Gasteiger partial charge in [0, 0.05) is 0 Å². The van der Waals surface area contributed by atoms with Crippen molar-refractivity contribution < 1.29 is 28.6 Å². The summed E-state index contributed by atoms with van der Waals surface area (Å²) in [4.78, 5) is 39.6. The maximum atomic E-state index is 13.0. The summed E-state index contributed by atoms with van der Waals surface area (Å²) in [5.41, 5.74) is 2.72. The number of methoxy groups -OCH3 is 2. The average molecular weight is 524 g/mol. The van der Waals surface area contributed by atoms with Crippen LogP contribution in [0.4, 0.5) is 4.79 Å². The third-order valence-electron chi connectivity index (χ3n) is 5.53. The average Bonchev–Trinajstić information content (AvgIpc) is 3.13. The summed E-state index contributed by atoms with van der Waals surface area (Å²) >= 11 is 7.28. The molecule has 184 valence electrons. The number of thioether (sulfide) groups is 1. The van der Waals surface area contributed by atoms with Crippen LogP contribution in [0.2, 0.25) is 5.02 Å². The van der Waals surface area contributed by atoms with Gasteiger partial charge in [-0.1, -0.05) is 35.9 Å². The molecular weight excluding hydrogens is 502 g/mol. The predicted octanol–water partition coefficient (Wildman–Crippen LogP) is 6.12. The number of hydrogen-bond acceptors (Lipinski definition) is 7. The van der Waals surface area contributed by atoms with E-state index in [-0.39, 0.29) is 33.2 Å². The summed E-state index contributed by atoms with van der Waals surface area (Å²) in [7, 11) is 2.94. The van der Waals surface area contributed by atoms with Crippen molar-refractivity contribution in [3.05, 3.63) is 92.8 Å². The molecule has 0 unspecified atom stereocenters. The van der Waals surface area contributed by atoms with Crippen LogP contribution >= 0.6 is 23.4 Å². The quantitative estimate of drug-likeness (QED) is 0.209. The molecule has 1 heterocycles. The van der Waals surface area contributed by atoms with E-state index in [1.165, 1.54) is 25.2 Å². The molecule has 0 spiro atoms. The third-order valence-corrected chi connectivity index (χ3v) is 6.72. The van der Waals surface area contributed by atoms with E-state index in [9.17, 15) is 14.4 Å². The van der Waals surface area contributed by atoms with Gasteiger partial charge in [0.1, 0.15) is 5.75 Å². The van der Waals surface area contributed by atoms with E-state index in [2.05, 4.69) is 0 Å². The van der Waals surface area contributed by atoms with Gasteiger partial charge in [0.2, 0.25) is 0 Å².